The molecule has 0 bridgehead atoms. The Labute approximate surface area is 112 Å². The molecule has 1 fully saturated rings. The van der Waals surface area contributed by atoms with Gasteiger partial charge >= 0.3 is 6.18 Å². The molecule has 114 valence electrons. The van der Waals surface area contributed by atoms with Gasteiger partial charge in [-0.2, -0.15) is 13.2 Å². The lowest BCUT2D eigenvalue weighted by atomic mass is 9.90. The van der Waals surface area contributed by atoms with Crippen LogP contribution in [-0.4, -0.2) is 35.4 Å². The topological polar surface area (TPSA) is 38.7 Å². The summed E-state index contributed by atoms with van der Waals surface area (Å²) in [6, 6.07) is 0. The third-order valence-corrected chi connectivity index (χ3v) is 3.41. The van der Waals surface area contributed by atoms with Gasteiger partial charge in [-0.15, -0.1) is 0 Å². The summed E-state index contributed by atoms with van der Waals surface area (Å²) in [6.07, 6.45) is -2.42. The number of hydrogen-bond donors (Lipinski definition) is 1. The van der Waals surface area contributed by atoms with Crippen LogP contribution in [0.3, 0.4) is 0 Å². The first-order valence-electron chi connectivity index (χ1n) is 6.73. The minimum atomic E-state index is -4.75. The third kappa shape index (κ3) is 4.07. The monoisotopic (exact) mass is 284 g/mol. The zero-order valence-corrected chi connectivity index (χ0v) is 11.7. The Morgan fingerprint density at radius 1 is 1.21 bits per heavy atom. The van der Waals surface area contributed by atoms with Gasteiger partial charge in [0.2, 0.25) is 5.60 Å². The van der Waals surface area contributed by atoms with Crippen molar-refractivity contribution in [1.82, 2.24) is 0 Å². The van der Waals surface area contributed by atoms with E-state index in [0.717, 1.165) is 19.3 Å². The zero-order chi connectivity index (χ0) is 14.7. The van der Waals surface area contributed by atoms with Gasteiger partial charge in [0.15, 0.2) is 5.79 Å². The average molecular weight is 284 g/mol. The van der Waals surface area contributed by atoms with Gasteiger partial charge in [0.05, 0.1) is 6.61 Å². The van der Waals surface area contributed by atoms with Crippen molar-refractivity contribution in [3.8, 4) is 0 Å². The largest absolute Gasteiger partial charge is 0.422 e. The molecule has 0 aromatic rings. The minimum absolute atomic E-state index is 0.183. The van der Waals surface area contributed by atoms with E-state index in [0.29, 0.717) is 6.42 Å². The molecule has 2 atom stereocenters. The third-order valence-electron chi connectivity index (χ3n) is 3.41. The lowest BCUT2D eigenvalue weighted by molar-refractivity contribution is -0.394. The highest BCUT2D eigenvalue weighted by Crippen LogP contribution is 2.42. The van der Waals surface area contributed by atoms with Crippen molar-refractivity contribution in [3.05, 3.63) is 0 Å². The maximum atomic E-state index is 13.0. The lowest BCUT2D eigenvalue weighted by Crippen LogP contribution is -2.64. The molecule has 1 heterocycles. The van der Waals surface area contributed by atoms with Gasteiger partial charge in [-0.25, -0.2) is 0 Å². The van der Waals surface area contributed by atoms with Gasteiger partial charge in [0.1, 0.15) is 6.10 Å². The fourth-order valence-corrected chi connectivity index (χ4v) is 2.17. The first-order chi connectivity index (χ1) is 8.62. The minimum Gasteiger partial charge on any atom is -0.377 e. The highest BCUT2D eigenvalue weighted by molar-refractivity contribution is 4.97. The van der Waals surface area contributed by atoms with Crippen molar-refractivity contribution in [2.75, 3.05) is 6.61 Å². The fourth-order valence-electron chi connectivity index (χ4n) is 2.17. The first-order valence-corrected chi connectivity index (χ1v) is 6.73. The van der Waals surface area contributed by atoms with E-state index in [1.165, 1.54) is 0 Å². The van der Waals surface area contributed by atoms with Gasteiger partial charge in [-0.1, -0.05) is 32.6 Å². The van der Waals surface area contributed by atoms with Gasteiger partial charge < -0.3 is 14.6 Å². The lowest BCUT2D eigenvalue weighted by Gasteiger charge is -2.46. The van der Waals surface area contributed by atoms with Crippen LogP contribution in [0.2, 0.25) is 0 Å². The molecule has 0 saturated carbocycles. The summed E-state index contributed by atoms with van der Waals surface area (Å²) < 4.78 is 49.3. The molecule has 6 heteroatoms. The van der Waals surface area contributed by atoms with Crippen molar-refractivity contribution >= 4 is 0 Å². The van der Waals surface area contributed by atoms with Crippen LogP contribution in [-0.2, 0) is 9.47 Å². The predicted molar refractivity (Wildman–Crippen MR) is 64.7 cm³/mol. The van der Waals surface area contributed by atoms with Crippen LogP contribution in [0.5, 0.6) is 0 Å². The SMILES string of the molecule is CCCCCC[C@H]1OC(C)(C)OC[C@]1(O)C(F)(F)F. The van der Waals surface area contributed by atoms with Crippen LogP contribution < -0.4 is 0 Å². The summed E-state index contributed by atoms with van der Waals surface area (Å²) in [5.41, 5.74) is -2.91. The second-order valence-corrected chi connectivity index (χ2v) is 5.57. The molecule has 0 amide bonds. The molecule has 1 rings (SSSR count). The average Bonchev–Trinajstić information content (AvgIpc) is 2.27. The Bertz CT molecular complexity index is 291. The number of halogens is 3. The second kappa shape index (κ2) is 5.97. The van der Waals surface area contributed by atoms with Crippen LogP contribution in [0.15, 0.2) is 0 Å². The van der Waals surface area contributed by atoms with Crippen molar-refractivity contribution in [2.45, 2.75) is 76.5 Å². The van der Waals surface area contributed by atoms with Crippen LogP contribution in [0.25, 0.3) is 0 Å². The standard InChI is InChI=1S/C13H23F3O3/c1-4-5-6-7-8-10-12(17,13(14,15)16)9-18-11(2,3)19-10/h10,17H,4-9H2,1-3H3/t10-,12-/m1/s1. The molecule has 1 N–H and O–H groups in total. The van der Waals surface area contributed by atoms with Crippen molar-refractivity contribution in [1.29, 1.82) is 0 Å². The molecule has 1 saturated heterocycles. The number of rotatable bonds is 5. The summed E-state index contributed by atoms with van der Waals surface area (Å²) in [5, 5.41) is 9.88. The normalized spacial score (nSPS) is 31.4. The summed E-state index contributed by atoms with van der Waals surface area (Å²) in [7, 11) is 0. The quantitative estimate of drug-likeness (QED) is 0.786. The maximum Gasteiger partial charge on any atom is 0.422 e. The fraction of sp³-hybridized carbons (Fsp3) is 1.00. The Balaban J connectivity index is 2.72. The molecule has 3 nitrogen and oxygen atoms in total. The Morgan fingerprint density at radius 2 is 1.84 bits per heavy atom. The summed E-state index contributed by atoms with van der Waals surface area (Å²) in [6.45, 7) is 4.37. The summed E-state index contributed by atoms with van der Waals surface area (Å²) >= 11 is 0. The number of unbranched alkanes of at least 4 members (excludes halogenated alkanes) is 3. The molecule has 0 spiro atoms. The highest BCUT2D eigenvalue weighted by Gasteiger charge is 2.62. The molecular weight excluding hydrogens is 261 g/mol. The van der Waals surface area contributed by atoms with Crippen LogP contribution in [0.4, 0.5) is 13.2 Å². The van der Waals surface area contributed by atoms with Crippen molar-refractivity contribution in [2.24, 2.45) is 0 Å². The predicted octanol–water partition coefficient (Wildman–Crippen LogP) is 3.40. The van der Waals surface area contributed by atoms with E-state index >= 15 is 0 Å². The van der Waals surface area contributed by atoms with Gasteiger partial charge in [0.25, 0.3) is 0 Å². The number of aliphatic hydroxyl groups is 1. The summed E-state index contributed by atoms with van der Waals surface area (Å²) in [5.74, 6) is -1.09. The maximum absolute atomic E-state index is 13.0. The van der Waals surface area contributed by atoms with E-state index in [1.54, 1.807) is 13.8 Å². The van der Waals surface area contributed by atoms with E-state index in [-0.39, 0.29) is 6.42 Å². The van der Waals surface area contributed by atoms with Crippen LogP contribution in [0.1, 0.15) is 52.9 Å². The van der Waals surface area contributed by atoms with Gasteiger partial charge in [-0.05, 0) is 20.3 Å². The van der Waals surface area contributed by atoms with Crippen molar-refractivity contribution < 1.29 is 27.8 Å². The van der Waals surface area contributed by atoms with E-state index < -0.39 is 30.3 Å². The summed E-state index contributed by atoms with van der Waals surface area (Å²) in [4.78, 5) is 0. The molecule has 0 aromatic carbocycles. The van der Waals surface area contributed by atoms with Gasteiger partial charge in [-0.3, -0.25) is 0 Å². The molecule has 19 heavy (non-hydrogen) atoms. The Hall–Kier alpha value is -0.330. The Kier molecular flexibility index (Phi) is 5.26. The van der Waals surface area contributed by atoms with E-state index in [1.807, 2.05) is 6.92 Å². The van der Waals surface area contributed by atoms with Crippen LogP contribution >= 0.6 is 0 Å². The number of ether oxygens (including phenoxy) is 2. The van der Waals surface area contributed by atoms with E-state index in [2.05, 4.69) is 0 Å². The Morgan fingerprint density at radius 3 is 2.37 bits per heavy atom. The highest BCUT2D eigenvalue weighted by atomic mass is 19.4. The molecule has 1 aliphatic heterocycles. The van der Waals surface area contributed by atoms with E-state index in [9.17, 15) is 18.3 Å². The molecule has 0 aromatic heterocycles. The molecule has 1 aliphatic rings. The second-order valence-electron chi connectivity index (χ2n) is 5.57. The molecule has 0 radical (unpaired) electrons. The van der Waals surface area contributed by atoms with Crippen LogP contribution in [0, 0.1) is 0 Å². The van der Waals surface area contributed by atoms with E-state index in [4.69, 9.17) is 9.47 Å². The first kappa shape index (κ1) is 16.7. The molecule has 0 unspecified atom stereocenters. The zero-order valence-electron chi connectivity index (χ0n) is 11.7. The molecule has 0 aliphatic carbocycles. The molecular formula is C13H23F3O3. The smallest absolute Gasteiger partial charge is 0.377 e. The van der Waals surface area contributed by atoms with Crippen molar-refractivity contribution in [3.63, 3.8) is 0 Å². The number of alkyl halides is 3. The number of hydrogen-bond acceptors (Lipinski definition) is 3. The van der Waals surface area contributed by atoms with Gasteiger partial charge in [0, 0.05) is 0 Å².